The first-order valence-electron chi connectivity index (χ1n) is 18.8. The van der Waals surface area contributed by atoms with E-state index in [1.807, 2.05) is 71.9 Å². The highest BCUT2D eigenvalue weighted by Gasteiger charge is 2.34. The predicted octanol–water partition coefficient (Wildman–Crippen LogP) is 3.30. The maximum Gasteiger partial charge on any atom is 0.326 e. The highest BCUT2D eigenvalue weighted by molar-refractivity contribution is 5.93. The van der Waals surface area contributed by atoms with E-state index in [0.717, 1.165) is 5.56 Å². The molecule has 0 spiro atoms. The Morgan fingerprint density at radius 2 is 1.15 bits per heavy atom. The van der Waals surface area contributed by atoms with E-state index in [2.05, 4.69) is 26.6 Å². The Morgan fingerprint density at radius 3 is 1.65 bits per heavy atom. The van der Waals surface area contributed by atoms with Crippen LogP contribution in [0, 0.1) is 29.6 Å². The number of hydrogen-bond acceptors (Lipinski definition) is 7. The zero-order valence-corrected chi connectivity index (χ0v) is 33.0. The largest absolute Gasteiger partial charge is 0.480 e. The van der Waals surface area contributed by atoms with Gasteiger partial charge < -0.3 is 37.4 Å². The Hall–Kier alpha value is -4.00. The van der Waals surface area contributed by atoms with Crippen LogP contribution in [0.1, 0.15) is 107 Å². The van der Waals surface area contributed by atoms with Crippen molar-refractivity contribution in [3.63, 3.8) is 0 Å². The van der Waals surface area contributed by atoms with Crippen LogP contribution in [0.15, 0.2) is 30.3 Å². The molecular weight excluding hydrogens is 664 g/mol. The first-order valence-corrected chi connectivity index (χ1v) is 18.8. The molecule has 1 aromatic rings. The van der Waals surface area contributed by atoms with E-state index in [1.165, 1.54) is 0 Å². The fourth-order valence-electron chi connectivity index (χ4n) is 5.78. The molecule has 5 amide bonds. The Morgan fingerprint density at radius 1 is 0.635 bits per heavy atom. The number of carboxylic acid groups (broad SMARTS) is 1. The standard InChI is InChI=1S/C39H66N6O7/c1-11-25(9)34(38(50)45-35(39(51)52)26(10)12-2)43-32(47)21-28(40)29(20-27-16-14-13-15-17-27)42-37(49)33(24(7)8)44-36(48)30(18-22(3)4)41-31(46)19-23(5)6/h13-17,22-26,28-30,33-35H,11-12,18-21,40H2,1-10H3,(H,41,46)(H,42,49)(H,43,47)(H,44,48)(H,45,50)(H,51,52)/t25?,26-,28?,29?,30-,33-,34?,35-/m0/s1. The second kappa shape index (κ2) is 22.8. The van der Waals surface area contributed by atoms with E-state index in [9.17, 15) is 33.9 Å². The SMILES string of the molecule is CCC(C)C(NC(=O)CC(N)C(Cc1ccccc1)NC(=O)[C@@H](NC(=O)[C@H](CC(C)C)NC(=O)CC(C)C)C(C)C)C(=O)N[C@H](C(=O)O)[C@@H](C)CC. The number of hydrogen-bond donors (Lipinski definition) is 7. The molecule has 0 bridgehead atoms. The number of carboxylic acids is 1. The molecule has 1 rings (SSSR count). The smallest absolute Gasteiger partial charge is 0.326 e. The van der Waals surface area contributed by atoms with Crippen LogP contribution in [-0.4, -0.2) is 76.9 Å². The third kappa shape index (κ3) is 16.1. The molecule has 0 saturated carbocycles. The van der Waals surface area contributed by atoms with Gasteiger partial charge in [0.25, 0.3) is 0 Å². The quantitative estimate of drug-likeness (QED) is 0.0887. The average Bonchev–Trinajstić information content (AvgIpc) is 3.06. The zero-order valence-electron chi connectivity index (χ0n) is 33.0. The lowest BCUT2D eigenvalue weighted by atomic mass is 9.94. The minimum atomic E-state index is -1.15. The van der Waals surface area contributed by atoms with Crippen LogP contribution in [0.5, 0.6) is 0 Å². The summed E-state index contributed by atoms with van der Waals surface area (Å²) in [4.78, 5) is 78.7. The van der Waals surface area contributed by atoms with E-state index in [4.69, 9.17) is 5.73 Å². The molecule has 0 heterocycles. The van der Waals surface area contributed by atoms with Gasteiger partial charge >= 0.3 is 5.97 Å². The number of aliphatic carboxylic acids is 1. The Labute approximate surface area is 310 Å². The fourth-order valence-corrected chi connectivity index (χ4v) is 5.78. The summed E-state index contributed by atoms with van der Waals surface area (Å²) in [6, 6.07) is 3.78. The molecule has 0 aliphatic rings. The van der Waals surface area contributed by atoms with Gasteiger partial charge in [0.2, 0.25) is 29.5 Å². The molecule has 0 radical (unpaired) electrons. The summed E-state index contributed by atoms with van der Waals surface area (Å²) in [6.45, 7) is 18.6. The van der Waals surface area contributed by atoms with Crippen LogP contribution in [0.2, 0.25) is 0 Å². The molecule has 0 aliphatic heterocycles. The number of rotatable bonds is 23. The lowest BCUT2D eigenvalue weighted by molar-refractivity contribution is -0.144. The maximum atomic E-state index is 13.9. The van der Waals surface area contributed by atoms with Crippen molar-refractivity contribution >= 4 is 35.5 Å². The molecule has 0 fully saturated rings. The van der Waals surface area contributed by atoms with Gasteiger partial charge in [-0.15, -0.1) is 0 Å². The molecule has 0 aliphatic carbocycles. The van der Waals surface area contributed by atoms with Crippen LogP contribution >= 0.6 is 0 Å². The lowest BCUT2D eigenvalue weighted by Crippen LogP contribution is -2.60. The van der Waals surface area contributed by atoms with Gasteiger partial charge in [0, 0.05) is 24.9 Å². The van der Waals surface area contributed by atoms with Gasteiger partial charge in [-0.2, -0.15) is 0 Å². The molecule has 4 unspecified atom stereocenters. The number of carbonyl (C=O) groups excluding carboxylic acids is 5. The monoisotopic (exact) mass is 730 g/mol. The topological polar surface area (TPSA) is 209 Å². The zero-order chi connectivity index (χ0) is 39.7. The van der Waals surface area contributed by atoms with E-state index in [0.29, 0.717) is 19.3 Å². The highest BCUT2D eigenvalue weighted by Crippen LogP contribution is 2.15. The Bertz CT molecular complexity index is 1310. The van der Waals surface area contributed by atoms with Crippen molar-refractivity contribution < 1.29 is 33.9 Å². The normalized spacial score (nSPS) is 16.1. The van der Waals surface area contributed by atoms with E-state index < -0.39 is 65.8 Å². The molecule has 0 aromatic heterocycles. The van der Waals surface area contributed by atoms with Crippen molar-refractivity contribution in [1.82, 2.24) is 26.6 Å². The fraction of sp³-hybridized carbons (Fsp3) is 0.692. The van der Waals surface area contributed by atoms with Gasteiger partial charge in [-0.3, -0.25) is 24.0 Å². The van der Waals surface area contributed by atoms with Gasteiger partial charge in [0.05, 0.1) is 0 Å². The second-order valence-electron chi connectivity index (χ2n) is 15.4. The van der Waals surface area contributed by atoms with Crippen molar-refractivity contribution in [1.29, 1.82) is 0 Å². The first kappa shape index (κ1) is 46.0. The molecule has 8 atom stereocenters. The summed E-state index contributed by atoms with van der Waals surface area (Å²) >= 11 is 0. The van der Waals surface area contributed by atoms with Crippen molar-refractivity contribution in [2.45, 2.75) is 144 Å². The van der Waals surface area contributed by atoms with Gasteiger partial charge in [0.15, 0.2) is 0 Å². The summed E-state index contributed by atoms with van der Waals surface area (Å²) in [7, 11) is 0. The molecule has 1 aromatic carbocycles. The molecular formula is C39H66N6O7. The predicted molar refractivity (Wildman–Crippen MR) is 203 cm³/mol. The van der Waals surface area contributed by atoms with Crippen LogP contribution in [0.25, 0.3) is 0 Å². The van der Waals surface area contributed by atoms with Gasteiger partial charge in [-0.1, -0.05) is 112 Å². The third-order valence-corrected chi connectivity index (χ3v) is 9.35. The van der Waals surface area contributed by atoms with Crippen LogP contribution in [0.4, 0.5) is 0 Å². The Balaban J connectivity index is 3.25. The molecule has 13 nitrogen and oxygen atoms in total. The number of amides is 5. The first-order chi connectivity index (χ1) is 24.3. The van der Waals surface area contributed by atoms with Gasteiger partial charge in [0.1, 0.15) is 24.2 Å². The minimum Gasteiger partial charge on any atom is -0.480 e. The second-order valence-corrected chi connectivity index (χ2v) is 15.4. The Kier molecular flexibility index (Phi) is 20.2. The minimum absolute atomic E-state index is 0.102. The van der Waals surface area contributed by atoms with Crippen molar-refractivity contribution in [2.75, 3.05) is 0 Å². The summed E-state index contributed by atoms with van der Waals surface area (Å²) in [5.74, 6) is -4.21. The molecule has 8 N–H and O–H groups in total. The van der Waals surface area contributed by atoms with Crippen LogP contribution in [-0.2, 0) is 35.2 Å². The lowest BCUT2D eigenvalue weighted by Gasteiger charge is -2.31. The summed E-state index contributed by atoms with van der Waals surface area (Å²) in [6.07, 6.45) is 1.78. The molecule has 294 valence electrons. The van der Waals surface area contributed by atoms with Gasteiger partial charge in [-0.25, -0.2) is 4.79 Å². The van der Waals surface area contributed by atoms with E-state index >= 15 is 0 Å². The number of nitrogens with one attached hydrogen (secondary N) is 5. The molecule has 13 heteroatoms. The average molecular weight is 731 g/mol. The van der Waals surface area contributed by atoms with Crippen molar-refractivity contribution in [2.24, 2.45) is 35.3 Å². The highest BCUT2D eigenvalue weighted by atomic mass is 16.4. The third-order valence-electron chi connectivity index (χ3n) is 9.35. The van der Waals surface area contributed by atoms with E-state index in [1.54, 1.807) is 27.7 Å². The summed E-state index contributed by atoms with van der Waals surface area (Å²) in [5, 5.41) is 23.7. The van der Waals surface area contributed by atoms with Crippen molar-refractivity contribution in [3.8, 4) is 0 Å². The summed E-state index contributed by atoms with van der Waals surface area (Å²) in [5.41, 5.74) is 7.50. The van der Waals surface area contributed by atoms with E-state index in [-0.39, 0.29) is 54.8 Å². The van der Waals surface area contributed by atoms with Crippen molar-refractivity contribution in [3.05, 3.63) is 35.9 Å². The summed E-state index contributed by atoms with van der Waals surface area (Å²) < 4.78 is 0. The maximum absolute atomic E-state index is 13.9. The molecule has 0 saturated heterocycles. The van der Waals surface area contributed by atoms with Crippen LogP contribution < -0.4 is 32.3 Å². The number of nitrogens with two attached hydrogens (primary N) is 1. The number of carbonyl (C=O) groups is 6. The number of benzene rings is 1. The van der Waals surface area contributed by atoms with Gasteiger partial charge in [-0.05, 0) is 48.0 Å². The van der Waals surface area contributed by atoms with Crippen LogP contribution in [0.3, 0.4) is 0 Å². The molecule has 52 heavy (non-hydrogen) atoms.